The standard InChI is InChI=1S/C20H22N2O5S/c1-2-27-17-8-9-19-15(13-17)12-16(20(24)21-19)14-22(10-11-23)28(25,26)18-6-4-3-5-7-18/h3-9,12-13,23H,2,10-11,14H2,1H3,(H,21,24). The molecule has 0 aliphatic rings. The second-order valence-electron chi connectivity index (χ2n) is 6.18. The molecule has 0 atom stereocenters. The van der Waals surface area contributed by atoms with Crippen molar-refractivity contribution in [3.8, 4) is 5.75 Å². The summed E-state index contributed by atoms with van der Waals surface area (Å²) in [5.41, 5.74) is 0.550. The monoisotopic (exact) mass is 402 g/mol. The highest BCUT2D eigenvalue weighted by Gasteiger charge is 2.25. The van der Waals surface area contributed by atoms with Crippen LogP contribution < -0.4 is 10.3 Å². The third kappa shape index (κ3) is 4.24. The van der Waals surface area contributed by atoms with Gasteiger partial charge in [-0.05, 0) is 43.3 Å². The minimum Gasteiger partial charge on any atom is -0.494 e. The molecule has 0 aliphatic carbocycles. The van der Waals surface area contributed by atoms with Crippen LogP contribution in [-0.2, 0) is 16.6 Å². The third-order valence-corrected chi connectivity index (χ3v) is 6.14. The number of nitrogens with one attached hydrogen (secondary N) is 1. The van der Waals surface area contributed by atoms with Gasteiger partial charge in [-0.2, -0.15) is 4.31 Å². The molecule has 0 saturated heterocycles. The lowest BCUT2D eigenvalue weighted by Crippen LogP contribution is -2.35. The zero-order chi connectivity index (χ0) is 20.1. The largest absolute Gasteiger partial charge is 0.494 e. The van der Waals surface area contributed by atoms with E-state index in [1.807, 2.05) is 6.92 Å². The fourth-order valence-electron chi connectivity index (χ4n) is 2.93. The number of sulfonamides is 1. The molecule has 2 N–H and O–H groups in total. The van der Waals surface area contributed by atoms with Crippen LogP contribution in [0, 0.1) is 0 Å². The van der Waals surface area contributed by atoms with Gasteiger partial charge >= 0.3 is 0 Å². The number of hydrogen-bond donors (Lipinski definition) is 2. The number of rotatable bonds is 8. The predicted octanol–water partition coefficient (Wildman–Crippen LogP) is 2.11. The van der Waals surface area contributed by atoms with Crippen LogP contribution in [-0.4, -0.2) is 42.6 Å². The fraction of sp³-hybridized carbons (Fsp3) is 0.250. The summed E-state index contributed by atoms with van der Waals surface area (Å²) >= 11 is 0. The Morgan fingerprint density at radius 1 is 1.11 bits per heavy atom. The smallest absolute Gasteiger partial charge is 0.252 e. The van der Waals surface area contributed by atoms with Gasteiger partial charge in [-0.25, -0.2) is 8.42 Å². The summed E-state index contributed by atoms with van der Waals surface area (Å²) < 4.78 is 32.4. The van der Waals surface area contributed by atoms with Gasteiger partial charge in [0.1, 0.15) is 5.75 Å². The number of ether oxygens (including phenoxy) is 1. The van der Waals surface area contributed by atoms with Crippen molar-refractivity contribution in [2.45, 2.75) is 18.4 Å². The number of nitrogens with zero attached hydrogens (tertiary/aromatic N) is 1. The van der Waals surface area contributed by atoms with Gasteiger partial charge < -0.3 is 14.8 Å². The molecule has 1 aromatic heterocycles. The van der Waals surface area contributed by atoms with Gasteiger partial charge in [0.25, 0.3) is 5.56 Å². The Morgan fingerprint density at radius 3 is 2.54 bits per heavy atom. The van der Waals surface area contributed by atoms with Crippen LogP contribution in [0.1, 0.15) is 12.5 Å². The average molecular weight is 402 g/mol. The number of H-pyrrole nitrogens is 1. The number of benzene rings is 2. The number of pyridine rings is 1. The van der Waals surface area contributed by atoms with E-state index in [9.17, 15) is 18.3 Å². The Balaban J connectivity index is 2.00. The summed E-state index contributed by atoms with van der Waals surface area (Å²) in [6.45, 7) is 1.77. The molecule has 0 saturated carbocycles. The number of aliphatic hydroxyl groups excluding tert-OH is 1. The van der Waals surface area contributed by atoms with Gasteiger partial charge in [0.15, 0.2) is 0 Å². The van der Waals surface area contributed by atoms with E-state index in [-0.39, 0.29) is 35.7 Å². The van der Waals surface area contributed by atoms with Crippen molar-refractivity contribution in [3.05, 3.63) is 70.5 Å². The van der Waals surface area contributed by atoms with Crippen LogP contribution >= 0.6 is 0 Å². The summed E-state index contributed by atoms with van der Waals surface area (Å²) in [5.74, 6) is 0.664. The second-order valence-corrected chi connectivity index (χ2v) is 8.12. The number of aromatic amines is 1. The first-order chi connectivity index (χ1) is 13.5. The van der Waals surface area contributed by atoms with E-state index >= 15 is 0 Å². The molecule has 8 heteroatoms. The summed E-state index contributed by atoms with van der Waals surface area (Å²) in [6, 6.07) is 14.9. The Labute approximate surface area is 163 Å². The highest BCUT2D eigenvalue weighted by atomic mass is 32.2. The Hall–Kier alpha value is -2.68. The normalized spacial score (nSPS) is 11.8. The van der Waals surface area contributed by atoms with Crippen LogP contribution in [0.2, 0.25) is 0 Å². The molecule has 0 aliphatic heterocycles. The quantitative estimate of drug-likeness (QED) is 0.601. The molecule has 28 heavy (non-hydrogen) atoms. The average Bonchev–Trinajstić information content (AvgIpc) is 2.69. The van der Waals surface area contributed by atoms with E-state index in [1.165, 1.54) is 12.1 Å². The first kappa shape index (κ1) is 20.1. The van der Waals surface area contributed by atoms with Gasteiger partial charge in [0.05, 0.1) is 18.1 Å². The SMILES string of the molecule is CCOc1ccc2[nH]c(=O)c(CN(CCO)S(=O)(=O)c3ccccc3)cc2c1. The van der Waals surface area contributed by atoms with Crippen molar-refractivity contribution in [1.29, 1.82) is 0 Å². The lowest BCUT2D eigenvalue weighted by atomic mass is 10.1. The number of hydrogen-bond acceptors (Lipinski definition) is 5. The van der Waals surface area contributed by atoms with E-state index in [0.717, 1.165) is 9.69 Å². The van der Waals surface area contributed by atoms with E-state index in [1.54, 1.807) is 42.5 Å². The molecule has 2 aromatic carbocycles. The molecule has 0 radical (unpaired) electrons. The summed E-state index contributed by atoms with van der Waals surface area (Å²) in [6.07, 6.45) is 0. The van der Waals surface area contributed by atoms with E-state index in [4.69, 9.17) is 4.74 Å². The highest BCUT2D eigenvalue weighted by Crippen LogP contribution is 2.21. The summed E-state index contributed by atoms with van der Waals surface area (Å²) in [7, 11) is -3.85. The third-order valence-electron chi connectivity index (χ3n) is 4.28. The molecule has 0 fully saturated rings. The van der Waals surface area contributed by atoms with Crippen molar-refractivity contribution < 1.29 is 18.3 Å². The molecule has 1 heterocycles. The molecular formula is C20H22N2O5S. The summed E-state index contributed by atoms with van der Waals surface area (Å²) in [4.78, 5) is 15.4. The van der Waals surface area contributed by atoms with Crippen LogP contribution in [0.15, 0.2) is 64.3 Å². The van der Waals surface area contributed by atoms with Crippen LogP contribution in [0.4, 0.5) is 0 Å². The molecule has 148 valence electrons. The minimum absolute atomic E-state index is 0.110. The van der Waals surface area contributed by atoms with E-state index in [0.29, 0.717) is 17.9 Å². The van der Waals surface area contributed by atoms with E-state index in [2.05, 4.69) is 4.98 Å². The first-order valence-corrected chi connectivity index (χ1v) is 10.3. The van der Waals surface area contributed by atoms with Crippen LogP contribution in [0.25, 0.3) is 10.9 Å². The fourth-order valence-corrected chi connectivity index (χ4v) is 4.36. The molecule has 3 rings (SSSR count). The van der Waals surface area contributed by atoms with E-state index < -0.39 is 10.0 Å². The maximum absolute atomic E-state index is 12.9. The maximum atomic E-state index is 12.9. The maximum Gasteiger partial charge on any atom is 0.252 e. The lowest BCUT2D eigenvalue weighted by molar-refractivity contribution is 0.251. The predicted molar refractivity (Wildman–Crippen MR) is 107 cm³/mol. The summed E-state index contributed by atoms with van der Waals surface area (Å²) in [5, 5.41) is 10.1. The molecule has 0 bridgehead atoms. The Bertz CT molecular complexity index is 1110. The van der Waals surface area contributed by atoms with Crippen molar-refractivity contribution >= 4 is 20.9 Å². The van der Waals surface area contributed by atoms with Gasteiger partial charge in [-0.1, -0.05) is 18.2 Å². The van der Waals surface area contributed by atoms with Crippen LogP contribution in [0.3, 0.4) is 0 Å². The van der Waals surface area contributed by atoms with Gasteiger partial charge in [0.2, 0.25) is 10.0 Å². The molecule has 0 amide bonds. The van der Waals surface area contributed by atoms with Gasteiger partial charge in [-0.15, -0.1) is 0 Å². The molecule has 7 nitrogen and oxygen atoms in total. The van der Waals surface area contributed by atoms with Gasteiger partial charge in [-0.3, -0.25) is 4.79 Å². The van der Waals surface area contributed by atoms with Crippen molar-refractivity contribution in [2.75, 3.05) is 19.8 Å². The first-order valence-electron chi connectivity index (χ1n) is 8.90. The Kier molecular flexibility index (Phi) is 6.13. The van der Waals surface area contributed by atoms with Crippen LogP contribution in [0.5, 0.6) is 5.75 Å². The van der Waals surface area contributed by atoms with Gasteiger partial charge in [0, 0.05) is 29.6 Å². The lowest BCUT2D eigenvalue weighted by Gasteiger charge is -2.21. The zero-order valence-corrected chi connectivity index (χ0v) is 16.3. The molecule has 0 unspecified atom stereocenters. The minimum atomic E-state index is -3.85. The molecule has 0 spiro atoms. The zero-order valence-electron chi connectivity index (χ0n) is 15.5. The van der Waals surface area contributed by atoms with Crippen molar-refractivity contribution in [3.63, 3.8) is 0 Å². The van der Waals surface area contributed by atoms with Crippen molar-refractivity contribution in [1.82, 2.24) is 9.29 Å². The molecular weight excluding hydrogens is 380 g/mol. The number of aromatic nitrogens is 1. The second kappa shape index (κ2) is 8.55. The molecule has 3 aromatic rings. The topological polar surface area (TPSA) is 99.7 Å². The number of fused-ring (bicyclic) bond motifs is 1. The Morgan fingerprint density at radius 2 is 1.86 bits per heavy atom. The number of aliphatic hydroxyl groups is 1. The van der Waals surface area contributed by atoms with Crippen molar-refractivity contribution in [2.24, 2.45) is 0 Å². The highest BCUT2D eigenvalue weighted by molar-refractivity contribution is 7.89.